The van der Waals surface area contributed by atoms with Gasteiger partial charge in [-0.3, -0.25) is 4.79 Å². The minimum atomic E-state index is -0.663. The molecule has 2 unspecified atom stereocenters. The molecule has 0 aromatic heterocycles. The molecule has 106 valence electrons. The van der Waals surface area contributed by atoms with Gasteiger partial charge in [-0.15, -0.1) is 0 Å². The molecule has 1 spiro atoms. The number of aliphatic carboxylic acids is 1. The highest BCUT2D eigenvalue weighted by atomic mass is 16.4. The number of carboxylic acids is 1. The Balaban J connectivity index is 1.90. The topological polar surface area (TPSA) is 37.3 Å². The van der Waals surface area contributed by atoms with Crippen LogP contribution in [0.5, 0.6) is 0 Å². The molecule has 2 nitrogen and oxygen atoms in total. The van der Waals surface area contributed by atoms with Crippen LogP contribution in [-0.4, -0.2) is 11.1 Å². The number of carboxylic acid groups (broad SMARTS) is 1. The van der Waals surface area contributed by atoms with Crippen LogP contribution in [0.4, 0.5) is 0 Å². The fourth-order valence-electron chi connectivity index (χ4n) is 5.94. The Kier molecular flexibility index (Phi) is 2.85. The Labute approximate surface area is 116 Å². The maximum absolute atomic E-state index is 10.8. The predicted molar refractivity (Wildman–Crippen MR) is 75.8 cm³/mol. The van der Waals surface area contributed by atoms with Crippen LogP contribution in [0.3, 0.4) is 0 Å². The number of rotatable bonds is 3. The summed E-state index contributed by atoms with van der Waals surface area (Å²) in [5.41, 5.74) is 2.24. The zero-order chi connectivity index (χ0) is 13.8. The Morgan fingerprint density at radius 2 is 2.11 bits per heavy atom. The highest BCUT2D eigenvalue weighted by Crippen LogP contribution is 2.73. The molecule has 0 amide bonds. The number of carbonyl (C=O) groups is 1. The highest BCUT2D eigenvalue weighted by molar-refractivity contribution is 5.67. The van der Waals surface area contributed by atoms with Crippen molar-refractivity contribution in [2.45, 2.75) is 59.3 Å². The van der Waals surface area contributed by atoms with Crippen molar-refractivity contribution in [3.05, 3.63) is 11.6 Å². The van der Waals surface area contributed by atoms with Gasteiger partial charge in [-0.25, -0.2) is 0 Å². The Morgan fingerprint density at radius 1 is 1.37 bits per heavy atom. The van der Waals surface area contributed by atoms with Gasteiger partial charge in [-0.1, -0.05) is 32.4 Å². The van der Waals surface area contributed by atoms with Crippen LogP contribution in [0.2, 0.25) is 0 Å². The van der Waals surface area contributed by atoms with Gasteiger partial charge in [-0.05, 0) is 60.7 Å². The van der Waals surface area contributed by atoms with Crippen LogP contribution < -0.4 is 0 Å². The molecule has 2 saturated carbocycles. The van der Waals surface area contributed by atoms with E-state index in [9.17, 15) is 4.79 Å². The van der Waals surface area contributed by atoms with E-state index in [-0.39, 0.29) is 0 Å². The molecule has 3 aliphatic rings. The lowest BCUT2D eigenvalue weighted by Crippen LogP contribution is -2.37. The van der Waals surface area contributed by atoms with E-state index < -0.39 is 5.97 Å². The van der Waals surface area contributed by atoms with Gasteiger partial charge in [0.2, 0.25) is 0 Å². The summed E-state index contributed by atoms with van der Waals surface area (Å²) in [6.45, 7) is 7.23. The summed E-state index contributed by atoms with van der Waals surface area (Å²) in [7, 11) is 0. The first kappa shape index (κ1) is 13.2. The molecule has 0 aromatic carbocycles. The third-order valence-electron chi connectivity index (χ3n) is 6.86. The van der Waals surface area contributed by atoms with E-state index in [0.717, 1.165) is 18.3 Å². The molecule has 2 fully saturated rings. The van der Waals surface area contributed by atoms with Crippen molar-refractivity contribution < 1.29 is 9.90 Å². The summed E-state index contributed by atoms with van der Waals surface area (Å²) in [5.74, 6) is 1.65. The van der Waals surface area contributed by atoms with E-state index in [1.54, 1.807) is 0 Å². The number of hydrogen-bond acceptors (Lipinski definition) is 1. The maximum Gasteiger partial charge on any atom is 0.303 e. The minimum absolute atomic E-state index is 0.294. The molecule has 19 heavy (non-hydrogen) atoms. The number of hydrogen-bond donors (Lipinski definition) is 1. The first-order chi connectivity index (χ1) is 8.91. The van der Waals surface area contributed by atoms with E-state index in [1.807, 2.05) is 0 Å². The van der Waals surface area contributed by atoms with Gasteiger partial charge in [-0.2, -0.15) is 0 Å². The van der Waals surface area contributed by atoms with Crippen molar-refractivity contribution in [2.75, 3.05) is 0 Å². The molecule has 0 aromatic rings. The van der Waals surface area contributed by atoms with Gasteiger partial charge < -0.3 is 5.11 Å². The SMILES string of the molecule is C[C@@H]1CCC23C1CC[C@@]2(C)C=C(CCC(=O)O)[C@H]3C. The molecule has 0 bridgehead atoms. The van der Waals surface area contributed by atoms with Gasteiger partial charge in [0.1, 0.15) is 0 Å². The van der Waals surface area contributed by atoms with Crippen molar-refractivity contribution >= 4 is 5.97 Å². The van der Waals surface area contributed by atoms with Crippen molar-refractivity contribution in [3.8, 4) is 0 Å². The summed E-state index contributed by atoms with van der Waals surface area (Å²) in [5, 5.41) is 8.93. The highest BCUT2D eigenvalue weighted by Gasteiger charge is 2.65. The summed E-state index contributed by atoms with van der Waals surface area (Å²) in [6, 6.07) is 0. The molecule has 0 saturated heterocycles. The second kappa shape index (κ2) is 4.10. The van der Waals surface area contributed by atoms with Crippen LogP contribution in [0.15, 0.2) is 11.6 Å². The summed E-state index contributed by atoms with van der Waals surface area (Å²) in [4.78, 5) is 10.8. The zero-order valence-electron chi connectivity index (χ0n) is 12.4. The third kappa shape index (κ3) is 1.58. The molecule has 2 heteroatoms. The Hall–Kier alpha value is -0.790. The molecular formula is C17H26O2. The molecular weight excluding hydrogens is 236 g/mol. The summed E-state index contributed by atoms with van der Waals surface area (Å²) < 4.78 is 0. The fourth-order valence-corrected chi connectivity index (χ4v) is 5.94. The van der Waals surface area contributed by atoms with Gasteiger partial charge >= 0.3 is 5.97 Å². The van der Waals surface area contributed by atoms with Crippen LogP contribution in [0.25, 0.3) is 0 Å². The van der Waals surface area contributed by atoms with Crippen LogP contribution >= 0.6 is 0 Å². The van der Waals surface area contributed by atoms with Gasteiger partial charge in [0.05, 0.1) is 0 Å². The van der Waals surface area contributed by atoms with Crippen LogP contribution in [0.1, 0.15) is 59.3 Å². The summed E-state index contributed by atoms with van der Waals surface area (Å²) >= 11 is 0. The van der Waals surface area contributed by atoms with Gasteiger partial charge in [0.25, 0.3) is 0 Å². The average molecular weight is 262 g/mol. The van der Waals surface area contributed by atoms with E-state index in [0.29, 0.717) is 23.2 Å². The lowest BCUT2D eigenvalue weighted by molar-refractivity contribution is -0.137. The smallest absolute Gasteiger partial charge is 0.303 e. The lowest BCUT2D eigenvalue weighted by Gasteiger charge is -2.43. The molecule has 3 aliphatic carbocycles. The molecule has 0 radical (unpaired) electrons. The van der Waals surface area contributed by atoms with E-state index >= 15 is 0 Å². The van der Waals surface area contributed by atoms with Crippen molar-refractivity contribution in [1.29, 1.82) is 0 Å². The first-order valence-electron chi connectivity index (χ1n) is 7.84. The van der Waals surface area contributed by atoms with E-state index in [4.69, 9.17) is 5.11 Å². The van der Waals surface area contributed by atoms with Crippen molar-refractivity contribution in [1.82, 2.24) is 0 Å². The summed E-state index contributed by atoms with van der Waals surface area (Å²) in [6.07, 6.45) is 8.94. The van der Waals surface area contributed by atoms with E-state index in [1.165, 1.54) is 31.3 Å². The van der Waals surface area contributed by atoms with Gasteiger partial charge in [0, 0.05) is 6.42 Å². The monoisotopic (exact) mass is 262 g/mol. The second-order valence-corrected chi connectivity index (χ2v) is 7.45. The average Bonchev–Trinajstić information content (AvgIpc) is 2.89. The molecule has 1 N–H and O–H groups in total. The Morgan fingerprint density at radius 3 is 2.79 bits per heavy atom. The quantitative estimate of drug-likeness (QED) is 0.772. The minimum Gasteiger partial charge on any atom is -0.481 e. The zero-order valence-corrected chi connectivity index (χ0v) is 12.4. The first-order valence-corrected chi connectivity index (χ1v) is 7.84. The predicted octanol–water partition coefficient (Wildman–Crippen LogP) is 4.26. The van der Waals surface area contributed by atoms with Crippen LogP contribution in [-0.2, 0) is 4.79 Å². The largest absolute Gasteiger partial charge is 0.481 e. The van der Waals surface area contributed by atoms with E-state index in [2.05, 4.69) is 26.8 Å². The Bertz CT molecular complexity index is 439. The number of allylic oxidation sites excluding steroid dienone is 2. The standard InChI is InChI=1S/C17H26O2/c1-11-6-9-17-12(2)13(4-5-15(18)19)10-16(17,3)8-7-14(11)17/h10-12,14H,4-9H2,1-3H3,(H,18,19)/t11-,12-,14?,16+,17?/m1/s1. The van der Waals surface area contributed by atoms with Crippen molar-refractivity contribution in [2.24, 2.45) is 28.6 Å². The molecule has 0 aliphatic heterocycles. The van der Waals surface area contributed by atoms with Crippen molar-refractivity contribution in [3.63, 3.8) is 0 Å². The normalized spacial score (nSPS) is 47.9. The van der Waals surface area contributed by atoms with Crippen LogP contribution in [0, 0.1) is 28.6 Å². The maximum atomic E-state index is 10.8. The molecule has 0 heterocycles. The second-order valence-electron chi connectivity index (χ2n) is 7.45. The molecule has 3 rings (SSSR count). The van der Waals surface area contributed by atoms with Gasteiger partial charge in [0.15, 0.2) is 0 Å². The fraction of sp³-hybridized carbons (Fsp3) is 0.824. The molecule has 5 atom stereocenters. The third-order valence-corrected chi connectivity index (χ3v) is 6.86. The lowest BCUT2D eigenvalue weighted by atomic mass is 9.61.